The largest absolute Gasteiger partial charge is 0.459 e. The molecule has 4 heteroatoms. The first-order chi connectivity index (χ1) is 9.20. The Morgan fingerprint density at radius 2 is 1.75 bits per heavy atom. The van der Waals surface area contributed by atoms with Gasteiger partial charge < -0.3 is 14.8 Å². The first-order valence-corrected chi connectivity index (χ1v) is 7.77. The van der Waals surface area contributed by atoms with Gasteiger partial charge in [0.2, 0.25) is 0 Å². The lowest BCUT2D eigenvalue weighted by Crippen LogP contribution is -2.50. The van der Waals surface area contributed by atoms with Crippen LogP contribution in [0.15, 0.2) is 0 Å². The Morgan fingerprint density at radius 1 is 1.20 bits per heavy atom. The van der Waals surface area contributed by atoms with Crippen LogP contribution in [0, 0.1) is 11.8 Å². The third-order valence-electron chi connectivity index (χ3n) is 3.74. The SMILES string of the molecule is CC(N[C@H](C(=O)OC(C)(C)C)C(C)C)C1CCOCC1. The highest BCUT2D eigenvalue weighted by Gasteiger charge is 2.31. The standard InChI is InChI=1S/C16H31NO3/c1-11(2)14(15(18)20-16(4,5)6)17-12(3)13-7-9-19-10-8-13/h11-14,17H,7-10H2,1-6H3/t12?,14-/m0/s1. The summed E-state index contributed by atoms with van der Waals surface area (Å²) in [5.74, 6) is 0.644. The van der Waals surface area contributed by atoms with E-state index < -0.39 is 5.60 Å². The number of hydrogen-bond acceptors (Lipinski definition) is 4. The summed E-state index contributed by atoms with van der Waals surface area (Å²) in [6, 6.07) is 0.0610. The first kappa shape index (κ1) is 17.4. The van der Waals surface area contributed by atoms with Gasteiger partial charge in [-0.15, -0.1) is 0 Å². The molecule has 1 unspecified atom stereocenters. The molecule has 0 aromatic heterocycles. The molecule has 0 aromatic carbocycles. The van der Waals surface area contributed by atoms with Crippen LogP contribution in [0.3, 0.4) is 0 Å². The van der Waals surface area contributed by atoms with Gasteiger partial charge in [0.15, 0.2) is 0 Å². The molecule has 1 aliphatic heterocycles. The molecule has 20 heavy (non-hydrogen) atoms. The van der Waals surface area contributed by atoms with Crippen molar-refractivity contribution in [1.29, 1.82) is 0 Å². The highest BCUT2D eigenvalue weighted by Crippen LogP contribution is 2.20. The molecule has 1 heterocycles. The molecule has 1 rings (SSSR count). The Bertz CT molecular complexity index is 303. The molecule has 0 aromatic rings. The van der Waals surface area contributed by atoms with E-state index >= 15 is 0 Å². The van der Waals surface area contributed by atoms with Gasteiger partial charge in [0.25, 0.3) is 0 Å². The Hall–Kier alpha value is -0.610. The summed E-state index contributed by atoms with van der Waals surface area (Å²) in [5.41, 5.74) is -0.437. The second kappa shape index (κ2) is 7.41. The lowest BCUT2D eigenvalue weighted by Gasteiger charge is -2.33. The number of carbonyl (C=O) groups is 1. The molecule has 0 bridgehead atoms. The van der Waals surface area contributed by atoms with Gasteiger partial charge in [0.05, 0.1) is 0 Å². The van der Waals surface area contributed by atoms with Crippen molar-refractivity contribution in [3.63, 3.8) is 0 Å². The van der Waals surface area contributed by atoms with E-state index in [0.717, 1.165) is 26.1 Å². The van der Waals surface area contributed by atoms with E-state index in [0.29, 0.717) is 12.0 Å². The Kier molecular flexibility index (Phi) is 6.46. The summed E-state index contributed by atoms with van der Waals surface area (Å²) < 4.78 is 10.9. The lowest BCUT2D eigenvalue weighted by molar-refractivity contribution is -0.159. The second-order valence-corrected chi connectivity index (χ2v) is 7.16. The monoisotopic (exact) mass is 285 g/mol. The van der Waals surface area contributed by atoms with Gasteiger partial charge in [-0.2, -0.15) is 0 Å². The van der Waals surface area contributed by atoms with Crippen LogP contribution in [0.2, 0.25) is 0 Å². The molecule has 1 saturated heterocycles. The van der Waals surface area contributed by atoms with Crippen molar-refractivity contribution < 1.29 is 14.3 Å². The molecule has 2 atom stereocenters. The predicted molar refractivity (Wildman–Crippen MR) is 80.6 cm³/mol. The summed E-state index contributed by atoms with van der Waals surface area (Å²) in [6.45, 7) is 13.6. The van der Waals surface area contributed by atoms with Crippen LogP contribution >= 0.6 is 0 Å². The van der Waals surface area contributed by atoms with Crippen molar-refractivity contribution in [2.75, 3.05) is 13.2 Å². The fraction of sp³-hybridized carbons (Fsp3) is 0.938. The number of esters is 1. The predicted octanol–water partition coefficient (Wildman–Crippen LogP) is 2.76. The van der Waals surface area contributed by atoms with Gasteiger partial charge >= 0.3 is 5.97 Å². The molecule has 0 radical (unpaired) electrons. The van der Waals surface area contributed by atoms with Crippen LogP contribution < -0.4 is 5.32 Å². The van der Waals surface area contributed by atoms with E-state index in [1.54, 1.807) is 0 Å². The van der Waals surface area contributed by atoms with Gasteiger partial charge in [-0.05, 0) is 52.4 Å². The molecule has 0 spiro atoms. The van der Waals surface area contributed by atoms with Gasteiger partial charge in [-0.1, -0.05) is 13.8 Å². The van der Waals surface area contributed by atoms with Crippen LogP contribution in [0.4, 0.5) is 0 Å². The van der Waals surface area contributed by atoms with Crippen LogP contribution in [0.25, 0.3) is 0 Å². The minimum atomic E-state index is -0.437. The Balaban J connectivity index is 2.59. The van der Waals surface area contributed by atoms with Crippen molar-refractivity contribution >= 4 is 5.97 Å². The smallest absolute Gasteiger partial charge is 0.323 e. The van der Waals surface area contributed by atoms with Gasteiger partial charge in [0.1, 0.15) is 11.6 Å². The fourth-order valence-corrected chi connectivity index (χ4v) is 2.53. The number of hydrogen-bond donors (Lipinski definition) is 1. The minimum Gasteiger partial charge on any atom is -0.459 e. The van der Waals surface area contributed by atoms with Crippen molar-refractivity contribution in [3.8, 4) is 0 Å². The van der Waals surface area contributed by atoms with Crippen LogP contribution in [0.5, 0.6) is 0 Å². The zero-order valence-corrected chi connectivity index (χ0v) is 13.9. The maximum Gasteiger partial charge on any atom is 0.323 e. The highest BCUT2D eigenvalue weighted by atomic mass is 16.6. The summed E-state index contributed by atoms with van der Waals surface area (Å²) in [4.78, 5) is 12.3. The summed E-state index contributed by atoms with van der Waals surface area (Å²) in [7, 11) is 0. The number of rotatable bonds is 5. The molecule has 0 aliphatic carbocycles. The summed E-state index contributed by atoms with van der Waals surface area (Å²) in [5, 5.41) is 3.48. The van der Waals surface area contributed by atoms with E-state index in [9.17, 15) is 4.79 Å². The molecule has 1 fully saturated rings. The molecular weight excluding hydrogens is 254 g/mol. The van der Waals surface area contributed by atoms with Gasteiger partial charge in [-0.3, -0.25) is 4.79 Å². The Labute approximate surface area is 123 Å². The second-order valence-electron chi connectivity index (χ2n) is 7.16. The molecule has 0 saturated carbocycles. The third-order valence-corrected chi connectivity index (χ3v) is 3.74. The number of carbonyl (C=O) groups excluding carboxylic acids is 1. The quantitative estimate of drug-likeness (QED) is 0.789. The molecule has 1 aliphatic rings. The fourth-order valence-electron chi connectivity index (χ4n) is 2.53. The van der Waals surface area contributed by atoms with Gasteiger partial charge in [0, 0.05) is 19.3 Å². The van der Waals surface area contributed by atoms with Crippen molar-refractivity contribution in [1.82, 2.24) is 5.32 Å². The van der Waals surface area contributed by atoms with E-state index in [4.69, 9.17) is 9.47 Å². The van der Waals surface area contributed by atoms with Crippen molar-refractivity contribution in [2.45, 2.75) is 72.1 Å². The Morgan fingerprint density at radius 3 is 2.20 bits per heavy atom. The van der Waals surface area contributed by atoms with Crippen LogP contribution in [-0.2, 0) is 14.3 Å². The average Bonchev–Trinajstić information content (AvgIpc) is 2.34. The summed E-state index contributed by atoms with van der Waals surface area (Å²) in [6.07, 6.45) is 2.13. The zero-order valence-electron chi connectivity index (χ0n) is 13.9. The maximum absolute atomic E-state index is 12.3. The highest BCUT2D eigenvalue weighted by molar-refractivity contribution is 5.76. The topological polar surface area (TPSA) is 47.6 Å². The van der Waals surface area contributed by atoms with Gasteiger partial charge in [-0.25, -0.2) is 0 Å². The minimum absolute atomic E-state index is 0.147. The molecule has 118 valence electrons. The van der Waals surface area contributed by atoms with Crippen LogP contribution in [-0.4, -0.2) is 36.9 Å². The average molecular weight is 285 g/mol. The molecule has 4 nitrogen and oxygen atoms in total. The van der Waals surface area contributed by atoms with Crippen LogP contribution in [0.1, 0.15) is 54.4 Å². The number of ether oxygens (including phenoxy) is 2. The molecule has 1 N–H and O–H groups in total. The zero-order chi connectivity index (χ0) is 15.3. The van der Waals surface area contributed by atoms with E-state index in [1.165, 1.54) is 0 Å². The first-order valence-electron chi connectivity index (χ1n) is 7.77. The number of nitrogens with one attached hydrogen (secondary N) is 1. The van der Waals surface area contributed by atoms with Crippen molar-refractivity contribution in [2.24, 2.45) is 11.8 Å². The summed E-state index contributed by atoms with van der Waals surface area (Å²) >= 11 is 0. The van der Waals surface area contributed by atoms with E-state index in [-0.39, 0.29) is 17.9 Å². The van der Waals surface area contributed by atoms with Crippen molar-refractivity contribution in [3.05, 3.63) is 0 Å². The van der Waals surface area contributed by atoms with E-state index in [1.807, 2.05) is 20.8 Å². The molecule has 0 amide bonds. The normalized spacial score (nSPS) is 20.8. The molecular formula is C16H31NO3. The lowest BCUT2D eigenvalue weighted by atomic mass is 9.91. The third kappa shape index (κ3) is 5.80. The van der Waals surface area contributed by atoms with E-state index in [2.05, 4.69) is 26.1 Å². The maximum atomic E-state index is 12.3.